The van der Waals surface area contributed by atoms with Crippen LogP contribution in [0.1, 0.15) is 6.42 Å². The Bertz CT molecular complexity index is 1090. The molecule has 2 aromatic heterocycles. The van der Waals surface area contributed by atoms with Gasteiger partial charge in [-0.3, -0.25) is 9.78 Å². The number of aromatic amines is 2. The standard InChI is InChI=1S/C18H17FN6O2/c1-2-14(26)25-7-6-11(9-25)20-17-15-10(4-3-5-12(15)19)8-13(21-17)16-22-18(27)24-23-16/h2-5,8,11H,1,6-7,9H2,(H,20,21)(H2,22,23,24,27)/t11-/m0/s1. The molecule has 0 unspecified atom stereocenters. The van der Waals surface area contributed by atoms with Gasteiger partial charge in [-0.05, 0) is 30.0 Å². The van der Waals surface area contributed by atoms with E-state index in [-0.39, 0.29) is 17.8 Å². The van der Waals surface area contributed by atoms with Crippen molar-refractivity contribution in [3.05, 3.63) is 53.2 Å². The van der Waals surface area contributed by atoms with E-state index in [2.05, 4.69) is 32.1 Å². The molecular weight excluding hydrogens is 351 g/mol. The molecule has 138 valence electrons. The first-order valence-corrected chi connectivity index (χ1v) is 8.47. The lowest BCUT2D eigenvalue weighted by Crippen LogP contribution is -2.30. The van der Waals surface area contributed by atoms with E-state index in [0.29, 0.717) is 41.8 Å². The van der Waals surface area contributed by atoms with Crippen molar-refractivity contribution in [3.8, 4) is 11.5 Å². The molecule has 3 N–H and O–H groups in total. The van der Waals surface area contributed by atoms with E-state index in [9.17, 15) is 14.0 Å². The fourth-order valence-electron chi connectivity index (χ4n) is 3.28. The van der Waals surface area contributed by atoms with E-state index in [0.717, 1.165) is 0 Å². The molecule has 1 aromatic carbocycles. The first-order chi connectivity index (χ1) is 13.0. The van der Waals surface area contributed by atoms with Crippen molar-refractivity contribution in [2.45, 2.75) is 12.5 Å². The molecule has 0 radical (unpaired) electrons. The lowest BCUT2D eigenvalue weighted by molar-refractivity contribution is -0.125. The smallest absolute Gasteiger partial charge is 0.340 e. The second-order valence-corrected chi connectivity index (χ2v) is 6.34. The van der Waals surface area contributed by atoms with Crippen LogP contribution in [0.3, 0.4) is 0 Å². The van der Waals surface area contributed by atoms with Gasteiger partial charge in [-0.2, -0.15) is 5.10 Å². The molecular formula is C18H17FN6O2. The van der Waals surface area contributed by atoms with E-state index in [1.807, 2.05) is 0 Å². The zero-order valence-corrected chi connectivity index (χ0v) is 14.3. The van der Waals surface area contributed by atoms with Gasteiger partial charge in [0.05, 0.1) is 5.39 Å². The molecule has 3 heterocycles. The number of anilines is 1. The number of hydrogen-bond donors (Lipinski definition) is 3. The number of likely N-dealkylation sites (tertiary alicyclic amines) is 1. The second-order valence-electron chi connectivity index (χ2n) is 6.34. The lowest BCUT2D eigenvalue weighted by atomic mass is 10.1. The molecule has 0 bridgehead atoms. The molecule has 1 amide bonds. The highest BCUT2D eigenvalue weighted by molar-refractivity contribution is 5.95. The van der Waals surface area contributed by atoms with Crippen LogP contribution in [-0.2, 0) is 4.79 Å². The van der Waals surface area contributed by atoms with E-state index in [1.54, 1.807) is 23.1 Å². The molecule has 1 fully saturated rings. The number of nitrogens with zero attached hydrogens (tertiary/aromatic N) is 3. The van der Waals surface area contributed by atoms with Gasteiger partial charge < -0.3 is 10.2 Å². The molecule has 1 saturated heterocycles. The first-order valence-electron chi connectivity index (χ1n) is 8.47. The van der Waals surface area contributed by atoms with E-state index in [4.69, 9.17) is 0 Å². The Kier molecular flexibility index (Phi) is 4.19. The maximum Gasteiger partial charge on any atom is 0.340 e. The summed E-state index contributed by atoms with van der Waals surface area (Å²) >= 11 is 0. The van der Waals surface area contributed by atoms with Gasteiger partial charge in [0.2, 0.25) is 5.91 Å². The second kappa shape index (κ2) is 6.67. The van der Waals surface area contributed by atoms with E-state index < -0.39 is 11.5 Å². The van der Waals surface area contributed by atoms with Gasteiger partial charge in [-0.1, -0.05) is 18.7 Å². The zero-order valence-electron chi connectivity index (χ0n) is 14.3. The van der Waals surface area contributed by atoms with Gasteiger partial charge in [0.15, 0.2) is 5.82 Å². The molecule has 9 heteroatoms. The van der Waals surface area contributed by atoms with Crippen LogP contribution in [0.15, 0.2) is 41.7 Å². The average molecular weight is 368 g/mol. The maximum atomic E-state index is 14.5. The summed E-state index contributed by atoms with van der Waals surface area (Å²) in [6.07, 6.45) is 1.99. The number of hydrogen-bond acceptors (Lipinski definition) is 5. The quantitative estimate of drug-likeness (QED) is 0.607. The summed E-state index contributed by atoms with van der Waals surface area (Å²) in [5.41, 5.74) is -0.0407. The van der Waals surface area contributed by atoms with Gasteiger partial charge in [0, 0.05) is 19.1 Å². The Labute approximate surface area is 153 Å². The summed E-state index contributed by atoms with van der Waals surface area (Å²) in [5.74, 6) is 0.0826. The van der Waals surface area contributed by atoms with Crippen molar-refractivity contribution >= 4 is 22.5 Å². The summed E-state index contributed by atoms with van der Waals surface area (Å²) < 4.78 is 14.5. The molecule has 0 saturated carbocycles. The molecule has 0 aliphatic carbocycles. The summed E-state index contributed by atoms with van der Waals surface area (Å²) in [7, 11) is 0. The Morgan fingerprint density at radius 2 is 2.30 bits per heavy atom. The predicted molar refractivity (Wildman–Crippen MR) is 98.7 cm³/mol. The average Bonchev–Trinajstić information content (AvgIpc) is 3.30. The highest BCUT2D eigenvalue weighted by Crippen LogP contribution is 2.29. The van der Waals surface area contributed by atoms with Gasteiger partial charge in [0.1, 0.15) is 17.3 Å². The Morgan fingerprint density at radius 1 is 1.44 bits per heavy atom. The number of benzene rings is 1. The lowest BCUT2D eigenvalue weighted by Gasteiger charge is -2.17. The number of rotatable bonds is 4. The third-order valence-electron chi connectivity index (χ3n) is 4.57. The van der Waals surface area contributed by atoms with Crippen LogP contribution in [0.2, 0.25) is 0 Å². The summed E-state index contributed by atoms with van der Waals surface area (Å²) in [6.45, 7) is 4.57. The molecule has 1 aliphatic heterocycles. The molecule has 0 spiro atoms. The van der Waals surface area contributed by atoms with Crippen molar-refractivity contribution < 1.29 is 9.18 Å². The Morgan fingerprint density at radius 3 is 3.04 bits per heavy atom. The van der Waals surface area contributed by atoms with Crippen LogP contribution in [0.5, 0.6) is 0 Å². The molecule has 8 nitrogen and oxygen atoms in total. The summed E-state index contributed by atoms with van der Waals surface area (Å²) in [5, 5.41) is 10.4. The van der Waals surface area contributed by atoms with Crippen LogP contribution in [0.4, 0.5) is 10.2 Å². The van der Waals surface area contributed by atoms with Crippen molar-refractivity contribution in [1.82, 2.24) is 25.1 Å². The van der Waals surface area contributed by atoms with Crippen LogP contribution in [0, 0.1) is 5.82 Å². The highest BCUT2D eigenvalue weighted by atomic mass is 19.1. The minimum atomic E-state index is -0.449. The van der Waals surface area contributed by atoms with Crippen molar-refractivity contribution in [1.29, 1.82) is 0 Å². The number of pyridine rings is 1. The van der Waals surface area contributed by atoms with Gasteiger partial charge in [-0.25, -0.2) is 19.3 Å². The monoisotopic (exact) mass is 368 g/mol. The number of aromatic nitrogens is 4. The van der Waals surface area contributed by atoms with Crippen LogP contribution >= 0.6 is 0 Å². The van der Waals surface area contributed by atoms with Crippen LogP contribution < -0.4 is 11.0 Å². The van der Waals surface area contributed by atoms with Crippen LogP contribution in [0.25, 0.3) is 22.3 Å². The van der Waals surface area contributed by atoms with E-state index >= 15 is 0 Å². The third-order valence-corrected chi connectivity index (χ3v) is 4.57. The molecule has 3 aromatic rings. The van der Waals surface area contributed by atoms with Crippen LogP contribution in [-0.4, -0.2) is 50.1 Å². The SMILES string of the molecule is C=CC(=O)N1CC[C@H](Nc2nc(-c3n[nH]c(=O)[nH]3)cc3cccc(F)c23)C1. The third kappa shape index (κ3) is 3.19. The van der Waals surface area contributed by atoms with Gasteiger partial charge >= 0.3 is 5.69 Å². The molecule has 1 aliphatic rings. The number of halogens is 1. The largest absolute Gasteiger partial charge is 0.365 e. The molecule has 27 heavy (non-hydrogen) atoms. The number of H-pyrrole nitrogens is 2. The predicted octanol–water partition coefficient (Wildman–Crippen LogP) is 1.65. The summed E-state index contributed by atoms with van der Waals surface area (Å²) in [6, 6.07) is 6.34. The number of fused-ring (bicyclic) bond motifs is 1. The molecule has 4 rings (SSSR count). The normalized spacial score (nSPS) is 16.6. The molecule has 1 atom stereocenters. The minimum Gasteiger partial charge on any atom is -0.365 e. The summed E-state index contributed by atoms with van der Waals surface area (Å²) in [4.78, 5) is 31.8. The zero-order chi connectivity index (χ0) is 19.0. The van der Waals surface area contributed by atoms with Crippen molar-refractivity contribution in [2.75, 3.05) is 18.4 Å². The van der Waals surface area contributed by atoms with E-state index in [1.165, 1.54) is 12.1 Å². The first kappa shape index (κ1) is 17.0. The highest BCUT2D eigenvalue weighted by Gasteiger charge is 2.26. The van der Waals surface area contributed by atoms with Gasteiger partial charge in [-0.15, -0.1) is 0 Å². The maximum absolute atomic E-state index is 14.5. The Hall–Kier alpha value is -3.49. The number of carbonyl (C=O) groups excluding carboxylic acids is 1. The number of nitrogens with one attached hydrogen (secondary N) is 3. The van der Waals surface area contributed by atoms with Crippen molar-refractivity contribution in [3.63, 3.8) is 0 Å². The minimum absolute atomic E-state index is 0.0716. The fourth-order valence-corrected chi connectivity index (χ4v) is 3.28. The topological polar surface area (TPSA) is 107 Å². The number of carbonyl (C=O) groups is 1. The fraction of sp³-hybridized carbons (Fsp3) is 0.222. The van der Waals surface area contributed by atoms with Gasteiger partial charge in [0.25, 0.3) is 0 Å². The Balaban J connectivity index is 1.73. The number of amides is 1. The van der Waals surface area contributed by atoms with Crippen molar-refractivity contribution in [2.24, 2.45) is 0 Å².